The number of rotatable bonds is 6. The van der Waals surface area contributed by atoms with Gasteiger partial charge in [0.1, 0.15) is 0 Å². The number of thioether (sulfide) groups is 1. The molecular weight excluding hydrogens is 352 g/mol. The molecule has 1 aliphatic heterocycles. The number of hydrogen-bond acceptors (Lipinski definition) is 6. The van der Waals surface area contributed by atoms with Crippen LogP contribution in [0, 0.1) is 0 Å². The molecular formula is C20H22O5S. The molecule has 5 nitrogen and oxygen atoms in total. The van der Waals surface area contributed by atoms with E-state index in [9.17, 15) is 5.11 Å². The van der Waals surface area contributed by atoms with Gasteiger partial charge in [0.15, 0.2) is 23.0 Å². The molecule has 0 saturated carbocycles. The van der Waals surface area contributed by atoms with E-state index in [0.29, 0.717) is 23.0 Å². The van der Waals surface area contributed by atoms with Crippen LogP contribution in [0.25, 0.3) is 10.5 Å². The minimum absolute atomic E-state index is 0.134. The molecule has 0 radical (unpaired) electrons. The Kier molecular flexibility index (Phi) is 5.52. The van der Waals surface area contributed by atoms with Crippen LogP contribution in [0.1, 0.15) is 17.5 Å². The third-order valence-electron chi connectivity index (χ3n) is 4.33. The minimum atomic E-state index is 0.134. The van der Waals surface area contributed by atoms with Gasteiger partial charge in [-0.25, -0.2) is 0 Å². The first-order valence-corrected chi connectivity index (χ1v) is 9.15. The summed E-state index contributed by atoms with van der Waals surface area (Å²) in [6, 6.07) is 9.41. The van der Waals surface area contributed by atoms with Crippen LogP contribution in [0.15, 0.2) is 30.3 Å². The molecule has 0 atom stereocenters. The van der Waals surface area contributed by atoms with E-state index in [1.54, 1.807) is 52.3 Å². The van der Waals surface area contributed by atoms with E-state index >= 15 is 0 Å². The molecule has 1 aliphatic rings. The third-order valence-corrected chi connectivity index (χ3v) is 5.51. The maximum atomic E-state index is 10.1. The molecule has 0 amide bonds. The van der Waals surface area contributed by atoms with Crippen molar-refractivity contribution in [3.63, 3.8) is 0 Å². The summed E-state index contributed by atoms with van der Waals surface area (Å²) in [5.41, 5.74) is 3.18. The van der Waals surface area contributed by atoms with Crippen molar-refractivity contribution < 1.29 is 24.1 Å². The largest absolute Gasteiger partial charge is 0.504 e. The Bertz CT molecular complexity index is 819. The monoisotopic (exact) mass is 374 g/mol. The summed E-state index contributed by atoms with van der Waals surface area (Å²) >= 11 is 1.77. The fraction of sp³-hybridized carbons (Fsp3) is 0.300. The number of hydrogen-bond donors (Lipinski definition) is 1. The topological polar surface area (TPSA) is 57.2 Å². The van der Waals surface area contributed by atoms with Gasteiger partial charge in [-0.05, 0) is 53.5 Å². The summed E-state index contributed by atoms with van der Waals surface area (Å²) in [6.45, 7) is 0. The van der Waals surface area contributed by atoms with E-state index in [1.807, 2.05) is 18.2 Å². The highest BCUT2D eigenvalue weighted by molar-refractivity contribution is 8.08. The lowest BCUT2D eigenvalue weighted by Gasteiger charge is -2.15. The molecule has 0 saturated heterocycles. The molecule has 0 spiro atoms. The van der Waals surface area contributed by atoms with Crippen molar-refractivity contribution in [2.45, 2.75) is 6.42 Å². The van der Waals surface area contributed by atoms with Gasteiger partial charge in [0, 0.05) is 10.7 Å². The van der Waals surface area contributed by atoms with Gasteiger partial charge in [-0.15, -0.1) is 11.8 Å². The second-order valence-corrected chi connectivity index (χ2v) is 6.81. The second-order valence-electron chi connectivity index (χ2n) is 5.71. The first-order chi connectivity index (χ1) is 12.6. The third kappa shape index (κ3) is 3.29. The predicted molar refractivity (Wildman–Crippen MR) is 105 cm³/mol. The zero-order valence-electron chi connectivity index (χ0n) is 15.3. The summed E-state index contributed by atoms with van der Waals surface area (Å²) < 4.78 is 21.5. The molecule has 26 heavy (non-hydrogen) atoms. The molecule has 0 aromatic heterocycles. The van der Waals surface area contributed by atoms with E-state index < -0.39 is 0 Å². The lowest BCUT2D eigenvalue weighted by molar-refractivity contribution is 0.324. The summed E-state index contributed by atoms with van der Waals surface area (Å²) in [6.07, 6.45) is 0.922. The zero-order valence-corrected chi connectivity index (χ0v) is 16.1. The molecule has 138 valence electrons. The summed E-state index contributed by atoms with van der Waals surface area (Å²) in [5, 5.41) is 10.1. The fourth-order valence-corrected chi connectivity index (χ4v) is 4.27. The number of ether oxygens (including phenoxy) is 4. The first kappa shape index (κ1) is 18.3. The molecule has 6 heteroatoms. The average Bonchev–Trinajstić information content (AvgIpc) is 3.16. The Labute approximate surface area is 157 Å². The normalized spacial score (nSPS) is 13.7. The fourth-order valence-electron chi connectivity index (χ4n) is 3.08. The number of phenols is 1. The van der Waals surface area contributed by atoms with Gasteiger partial charge in [0.2, 0.25) is 5.75 Å². The number of methoxy groups -OCH3 is 4. The Morgan fingerprint density at radius 1 is 0.808 bits per heavy atom. The highest BCUT2D eigenvalue weighted by Gasteiger charge is 2.22. The molecule has 3 rings (SSSR count). The summed E-state index contributed by atoms with van der Waals surface area (Å²) in [5.74, 6) is 3.41. The van der Waals surface area contributed by atoms with Crippen LogP contribution in [0.4, 0.5) is 0 Å². The van der Waals surface area contributed by atoms with Gasteiger partial charge in [-0.1, -0.05) is 0 Å². The molecule has 2 aromatic rings. The highest BCUT2D eigenvalue weighted by Crippen LogP contribution is 2.48. The molecule has 0 aliphatic carbocycles. The maximum Gasteiger partial charge on any atom is 0.203 e. The SMILES string of the molecule is COc1ccc(C2=C(c3cc(OC)c(OC)c(OC)c3)CCS2)cc1O. The van der Waals surface area contributed by atoms with E-state index in [-0.39, 0.29) is 5.75 Å². The number of benzene rings is 2. The van der Waals surface area contributed by atoms with Crippen LogP contribution in [-0.4, -0.2) is 39.3 Å². The molecule has 0 fully saturated rings. The Morgan fingerprint density at radius 2 is 1.46 bits per heavy atom. The quantitative estimate of drug-likeness (QED) is 0.807. The highest BCUT2D eigenvalue weighted by atomic mass is 32.2. The van der Waals surface area contributed by atoms with Crippen LogP contribution in [0.2, 0.25) is 0 Å². The van der Waals surface area contributed by atoms with Gasteiger partial charge in [-0.3, -0.25) is 0 Å². The molecule has 0 unspecified atom stereocenters. The van der Waals surface area contributed by atoms with E-state index in [1.165, 1.54) is 5.57 Å². The van der Waals surface area contributed by atoms with Crippen LogP contribution < -0.4 is 18.9 Å². The van der Waals surface area contributed by atoms with Crippen LogP contribution in [0.5, 0.6) is 28.7 Å². The number of aromatic hydroxyl groups is 1. The van der Waals surface area contributed by atoms with Crippen LogP contribution in [0.3, 0.4) is 0 Å². The average molecular weight is 374 g/mol. The van der Waals surface area contributed by atoms with Gasteiger partial charge in [0.25, 0.3) is 0 Å². The maximum absolute atomic E-state index is 10.1. The van der Waals surface area contributed by atoms with Crippen molar-refractivity contribution in [2.24, 2.45) is 0 Å². The first-order valence-electron chi connectivity index (χ1n) is 8.16. The summed E-state index contributed by atoms with van der Waals surface area (Å²) in [4.78, 5) is 1.14. The lowest BCUT2D eigenvalue weighted by atomic mass is 9.99. The van der Waals surface area contributed by atoms with Crippen molar-refractivity contribution in [2.75, 3.05) is 34.2 Å². The van der Waals surface area contributed by atoms with Crippen LogP contribution in [-0.2, 0) is 0 Å². The van der Waals surface area contributed by atoms with Crippen molar-refractivity contribution in [1.82, 2.24) is 0 Å². The molecule has 0 bridgehead atoms. The van der Waals surface area contributed by atoms with E-state index in [4.69, 9.17) is 18.9 Å². The van der Waals surface area contributed by atoms with Gasteiger partial charge < -0.3 is 24.1 Å². The van der Waals surface area contributed by atoms with Gasteiger partial charge >= 0.3 is 0 Å². The lowest BCUT2D eigenvalue weighted by Crippen LogP contribution is -1.97. The number of phenolic OH excluding ortho intramolecular Hbond substituents is 1. The van der Waals surface area contributed by atoms with Gasteiger partial charge in [-0.2, -0.15) is 0 Å². The Hall–Kier alpha value is -2.47. The van der Waals surface area contributed by atoms with E-state index in [0.717, 1.165) is 28.2 Å². The molecule has 1 N–H and O–H groups in total. The zero-order chi connectivity index (χ0) is 18.7. The van der Waals surface area contributed by atoms with Crippen LogP contribution >= 0.6 is 11.8 Å². The van der Waals surface area contributed by atoms with E-state index in [2.05, 4.69) is 0 Å². The smallest absolute Gasteiger partial charge is 0.203 e. The Balaban J connectivity index is 2.12. The van der Waals surface area contributed by atoms with Crippen molar-refractivity contribution in [3.05, 3.63) is 41.5 Å². The standard InChI is InChI=1S/C20H22O5S/c1-22-16-6-5-12(9-15(16)21)20-14(7-8-26-20)13-10-17(23-2)19(25-4)18(11-13)24-3/h5-6,9-11,21H,7-8H2,1-4H3. The van der Waals surface area contributed by atoms with Crippen molar-refractivity contribution in [1.29, 1.82) is 0 Å². The van der Waals surface area contributed by atoms with Crippen molar-refractivity contribution in [3.8, 4) is 28.7 Å². The molecule has 2 aromatic carbocycles. The predicted octanol–water partition coefficient (Wildman–Crippen LogP) is 4.43. The summed E-state index contributed by atoms with van der Waals surface area (Å²) in [7, 11) is 6.36. The Morgan fingerprint density at radius 3 is 2.00 bits per heavy atom. The number of allylic oxidation sites excluding steroid dienone is 1. The second kappa shape index (κ2) is 7.83. The van der Waals surface area contributed by atoms with Crippen molar-refractivity contribution >= 4 is 22.2 Å². The van der Waals surface area contributed by atoms with Gasteiger partial charge in [0.05, 0.1) is 28.4 Å². The molecule has 1 heterocycles. The minimum Gasteiger partial charge on any atom is -0.504 e.